The molecule has 0 fully saturated rings. The Morgan fingerprint density at radius 1 is 1.08 bits per heavy atom. The summed E-state index contributed by atoms with van der Waals surface area (Å²) >= 11 is 3.32. The van der Waals surface area contributed by atoms with Crippen molar-refractivity contribution in [3.05, 3.63) is 78.6 Å². The maximum absolute atomic E-state index is 12.6. The molecule has 0 aliphatic carbocycles. The summed E-state index contributed by atoms with van der Waals surface area (Å²) in [5, 5.41) is 8.15. The summed E-state index contributed by atoms with van der Waals surface area (Å²) in [6.45, 7) is 3.74. The molecule has 8 nitrogen and oxygen atoms in total. The highest BCUT2D eigenvalue weighted by atomic mass is 79.9. The third-order valence-corrected chi connectivity index (χ3v) is 6.36. The van der Waals surface area contributed by atoms with E-state index in [-0.39, 0.29) is 5.91 Å². The second kappa shape index (κ2) is 12.0. The van der Waals surface area contributed by atoms with Crippen LogP contribution in [0.2, 0.25) is 0 Å². The molecule has 0 atom stereocenters. The first-order valence-corrected chi connectivity index (χ1v) is 13.2. The van der Waals surface area contributed by atoms with E-state index < -0.39 is 0 Å². The van der Waals surface area contributed by atoms with Crippen molar-refractivity contribution in [3.8, 4) is 5.82 Å². The number of allylic oxidation sites excluding steroid dienone is 1. The van der Waals surface area contributed by atoms with Crippen molar-refractivity contribution in [1.29, 1.82) is 0 Å². The molecule has 0 unspecified atom stereocenters. The Balaban J connectivity index is 1.65. The Morgan fingerprint density at radius 2 is 1.89 bits per heavy atom. The summed E-state index contributed by atoms with van der Waals surface area (Å²) in [6, 6.07) is 16.2. The number of nitrogens with zero attached hydrogens (tertiary/aromatic N) is 5. The minimum Gasteiger partial charge on any atom is -0.372 e. The molecule has 0 spiro atoms. The third kappa shape index (κ3) is 6.55. The fraction of sp³-hybridized carbons (Fsp3) is 0.250. The Labute approximate surface area is 226 Å². The van der Waals surface area contributed by atoms with Gasteiger partial charge >= 0.3 is 0 Å². The number of para-hydroxylation sites is 1. The molecule has 37 heavy (non-hydrogen) atoms. The van der Waals surface area contributed by atoms with Crippen LogP contribution in [0.4, 0.5) is 23.0 Å². The minimum absolute atomic E-state index is 0.186. The van der Waals surface area contributed by atoms with Gasteiger partial charge in [-0.2, -0.15) is 4.98 Å². The van der Waals surface area contributed by atoms with E-state index in [1.165, 1.54) is 6.08 Å². The molecule has 2 aromatic carbocycles. The zero-order valence-corrected chi connectivity index (χ0v) is 23.2. The molecular formula is C28H32BrN7O. The summed E-state index contributed by atoms with van der Waals surface area (Å²) in [7, 11) is 6.12. The molecule has 0 saturated heterocycles. The van der Waals surface area contributed by atoms with E-state index in [4.69, 9.17) is 4.98 Å². The van der Waals surface area contributed by atoms with E-state index >= 15 is 0 Å². The highest BCUT2D eigenvalue weighted by Gasteiger charge is 2.15. The Hall–Kier alpha value is -3.69. The molecule has 0 aliphatic rings. The summed E-state index contributed by atoms with van der Waals surface area (Å²) in [6.07, 6.45) is 7.04. The number of halogens is 1. The summed E-state index contributed by atoms with van der Waals surface area (Å²) in [5.74, 6) is 1.06. The number of hydrogen-bond acceptors (Lipinski definition) is 6. The molecular weight excluding hydrogens is 530 g/mol. The summed E-state index contributed by atoms with van der Waals surface area (Å²) < 4.78 is 2.04. The lowest BCUT2D eigenvalue weighted by molar-refractivity contribution is -0.111. The quantitative estimate of drug-likeness (QED) is 0.200. The second-order valence-electron chi connectivity index (χ2n) is 9.06. The number of alkyl halides is 1. The Bertz CT molecular complexity index is 1410. The highest BCUT2D eigenvalue weighted by Crippen LogP contribution is 2.33. The number of aryl methyl sites for hydroxylation is 1. The Kier molecular flexibility index (Phi) is 8.58. The number of anilines is 4. The average Bonchev–Trinajstić information content (AvgIpc) is 3.32. The average molecular weight is 563 g/mol. The number of carbonyl (C=O) groups is 1. The van der Waals surface area contributed by atoms with Gasteiger partial charge in [-0.1, -0.05) is 40.2 Å². The molecule has 2 aromatic heterocycles. The van der Waals surface area contributed by atoms with Gasteiger partial charge in [0.05, 0.1) is 16.9 Å². The van der Waals surface area contributed by atoms with E-state index in [1.54, 1.807) is 12.3 Å². The van der Waals surface area contributed by atoms with Gasteiger partial charge in [0.2, 0.25) is 11.9 Å². The maximum atomic E-state index is 12.6. The molecule has 0 aliphatic heterocycles. The summed E-state index contributed by atoms with van der Waals surface area (Å²) in [5.41, 5.74) is 4.57. The number of aromatic nitrogens is 3. The van der Waals surface area contributed by atoms with Gasteiger partial charge in [-0.25, -0.2) is 4.98 Å². The van der Waals surface area contributed by atoms with Crippen LogP contribution in [0.15, 0.2) is 73.1 Å². The van der Waals surface area contributed by atoms with Crippen LogP contribution in [0.5, 0.6) is 0 Å². The number of hydrogen-bond donors (Lipinski definition) is 2. The van der Waals surface area contributed by atoms with E-state index in [0.717, 1.165) is 46.7 Å². The largest absolute Gasteiger partial charge is 0.372 e. The third-order valence-electron chi connectivity index (χ3n) is 5.99. The van der Waals surface area contributed by atoms with Gasteiger partial charge in [-0.05, 0) is 62.3 Å². The zero-order chi connectivity index (χ0) is 26.4. The van der Waals surface area contributed by atoms with E-state index in [9.17, 15) is 4.79 Å². The van der Waals surface area contributed by atoms with Crippen LogP contribution >= 0.6 is 15.9 Å². The van der Waals surface area contributed by atoms with Gasteiger partial charge in [0.15, 0.2) is 0 Å². The SMILES string of the molecule is Cc1cc(N(C)CCN(C)C)c(NC(=O)/C=C/CBr)cc1Nc1nccc(-n2ccc3ccccc32)n1. The normalized spacial score (nSPS) is 11.4. The molecule has 0 saturated carbocycles. The van der Waals surface area contributed by atoms with Crippen LogP contribution in [0.3, 0.4) is 0 Å². The van der Waals surface area contributed by atoms with Crippen LogP contribution in [-0.2, 0) is 4.79 Å². The first kappa shape index (κ1) is 26.4. The van der Waals surface area contributed by atoms with Gasteiger partial charge in [0.25, 0.3) is 0 Å². The molecule has 0 radical (unpaired) electrons. The molecule has 4 aromatic rings. The van der Waals surface area contributed by atoms with E-state index in [2.05, 4.69) is 65.6 Å². The number of benzene rings is 2. The van der Waals surface area contributed by atoms with Gasteiger partial charge in [-0.3, -0.25) is 4.79 Å². The van der Waals surface area contributed by atoms with Crippen molar-refractivity contribution in [2.75, 3.05) is 55.1 Å². The fourth-order valence-electron chi connectivity index (χ4n) is 3.99. The van der Waals surface area contributed by atoms with Crippen molar-refractivity contribution in [2.24, 2.45) is 0 Å². The molecule has 9 heteroatoms. The monoisotopic (exact) mass is 561 g/mol. The number of rotatable bonds is 10. The van der Waals surface area contributed by atoms with Crippen molar-refractivity contribution >= 4 is 55.8 Å². The van der Waals surface area contributed by atoms with Crippen molar-refractivity contribution in [1.82, 2.24) is 19.4 Å². The van der Waals surface area contributed by atoms with Gasteiger partial charge in [0, 0.05) is 49.6 Å². The van der Waals surface area contributed by atoms with Crippen LogP contribution in [-0.4, -0.2) is 64.9 Å². The van der Waals surface area contributed by atoms with Gasteiger partial charge in [0.1, 0.15) is 5.82 Å². The van der Waals surface area contributed by atoms with Gasteiger partial charge in [-0.15, -0.1) is 0 Å². The highest BCUT2D eigenvalue weighted by molar-refractivity contribution is 9.09. The molecule has 2 heterocycles. The first-order valence-electron chi connectivity index (χ1n) is 12.1. The second-order valence-corrected chi connectivity index (χ2v) is 9.71. The van der Waals surface area contributed by atoms with Gasteiger partial charge < -0.3 is 25.0 Å². The summed E-state index contributed by atoms with van der Waals surface area (Å²) in [4.78, 5) is 26.0. The van der Waals surface area contributed by atoms with E-state index in [0.29, 0.717) is 17.0 Å². The van der Waals surface area contributed by atoms with Crippen LogP contribution < -0.4 is 15.5 Å². The molecule has 1 amide bonds. The van der Waals surface area contributed by atoms with Crippen LogP contribution in [0.1, 0.15) is 5.56 Å². The minimum atomic E-state index is -0.186. The number of fused-ring (bicyclic) bond motifs is 1. The predicted molar refractivity (Wildman–Crippen MR) is 157 cm³/mol. The van der Waals surface area contributed by atoms with Crippen molar-refractivity contribution < 1.29 is 4.79 Å². The lowest BCUT2D eigenvalue weighted by Crippen LogP contribution is -2.29. The molecule has 2 N–H and O–H groups in total. The number of likely N-dealkylation sites (N-methyl/N-ethyl adjacent to an activating group) is 2. The lowest BCUT2D eigenvalue weighted by Gasteiger charge is -2.25. The number of nitrogens with one attached hydrogen (secondary N) is 2. The molecule has 4 rings (SSSR count). The topological polar surface area (TPSA) is 78.3 Å². The van der Waals surface area contributed by atoms with Crippen molar-refractivity contribution in [2.45, 2.75) is 6.92 Å². The number of carbonyl (C=O) groups excluding carboxylic acids is 1. The maximum Gasteiger partial charge on any atom is 0.248 e. The molecule has 0 bridgehead atoms. The molecule has 192 valence electrons. The lowest BCUT2D eigenvalue weighted by atomic mass is 10.1. The zero-order valence-electron chi connectivity index (χ0n) is 21.6. The van der Waals surface area contributed by atoms with Crippen LogP contribution in [0.25, 0.3) is 16.7 Å². The van der Waals surface area contributed by atoms with Crippen LogP contribution in [0, 0.1) is 6.92 Å². The Morgan fingerprint density at radius 3 is 2.68 bits per heavy atom. The fourth-order valence-corrected chi connectivity index (χ4v) is 4.17. The van der Waals surface area contributed by atoms with Crippen molar-refractivity contribution in [3.63, 3.8) is 0 Å². The first-order chi connectivity index (χ1) is 17.9. The standard InChI is InChI=1S/C28H32BrN7O/c1-20-18-25(35(4)17-16-34(2)3)23(31-27(37)10-7-13-29)19-22(20)32-28-30-14-11-26(33-28)36-15-12-21-8-5-6-9-24(21)36/h5-12,14-15,18-19H,13,16-17H2,1-4H3,(H,31,37)(H,30,32,33)/b10-7+. The number of amides is 1. The van der Waals surface area contributed by atoms with E-state index in [1.807, 2.05) is 63.1 Å². The predicted octanol–water partition coefficient (Wildman–Crippen LogP) is 5.36. The smallest absolute Gasteiger partial charge is 0.248 e.